The van der Waals surface area contributed by atoms with Gasteiger partial charge in [0.1, 0.15) is 5.82 Å². The molecule has 1 aliphatic heterocycles. The number of carbonyl (C=O) groups is 1. The Bertz CT molecular complexity index is 1440. The summed E-state index contributed by atoms with van der Waals surface area (Å²) < 4.78 is 50.9. The third kappa shape index (κ3) is 5.16. The number of anilines is 1. The van der Waals surface area contributed by atoms with E-state index >= 15 is 0 Å². The number of fused-ring (bicyclic) bond motifs is 1. The molecule has 2 heterocycles. The average Bonchev–Trinajstić information content (AvgIpc) is 2.78. The molecule has 12 heteroatoms. The van der Waals surface area contributed by atoms with Crippen LogP contribution in [0.1, 0.15) is 27.2 Å². The summed E-state index contributed by atoms with van der Waals surface area (Å²) in [5.74, 6) is -0.427. The van der Waals surface area contributed by atoms with E-state index in [4.69, 9.17) is 5.14 Å². The van der Waals surface area contributed by atoms with Crippen molar-refractivity contribution in [3.8, 4) is 0 Å². The van der Waals surface area contributed by atoms with Gasteiger partial charge in [-0.25, -0.2) is 27.0 Å². The summed E-state index contributed by atoms with van der Waals surface area (Å²) in [6.45, 7) is 2.31. The Hall–Kier alpha value is -3.16. The van der Waals surface area contributed by atoms with Crippen LogP contribution in [0.2, 0.25) is 0 Å². The molecule has 0 radical (unpaired) electrons. The largest absolute Gasteiger partial charge is 0.344 e. The number of rotatable bonds is 5. The van der Waals surface area contributed by atoms with Crippen LogP contribution in [0.5, 0.6) is 0 Å². The van der Waals surface area contributed by atoms with Crippen LogP contribution in [-0.4, -0.2) is 38.6 Å². The Morgan fingerprint density at radius 3 is 2.35 bits per heavy atom. The molecule has 0 aliphatic carbocycles. The fourth-order valence-electron chi connectivity index (χ4n) is 3.61. The Labute approximate surface area is 198 Å². The van der Waals surface area contributed by atoms with E-state index in [1.807, 2.05) is 6.92 Å². The zero-order valence-corrected chi connectivity index (χ0v) is 20.1. The molecule has 10 nitrogen and oxygen atoms in total. The third-order valence-corrected chi connectivity index (χ3v) is 8.18. The third-order valence-electron chi connectivity index (χ3n) is 5.35. The normalized spacial score (nSPS) is 14.1. The van der Waals surface area contributed by atoms with Crippen molar-refractivity contribution in [2.45, 2.75) is 29.7 Å². The second kappa shape index (κ2) is 9.60. The zero-order valence-electron chi connectivity index (χ0n) is 18.4. The standard InChI is InChI=1S/C22H22N4O5S2.H3N/c1-15-6-9-17(10-7-15)33(30,31)26-13-12-19-16(14-26)8-11-21(24-19)25-22(27)18-4-2-3-5-20(18)32(23,28)29;/h2-11H,12-14H2,1H3,(H2,23,28,29)(H,24,25,27);1H3. The van der Waals surface area contributed by atoms with E-state index in [1.165, 1.54) is 28.6 Å². The maximum atomic E-state index is 13.0. The van der Waals surface area contributed by atoms with Crippen LogP contribution in [0.15, 0.2) is 70.5 Å². The maximum absolute atomic E-state index is 13.0. The summed E-state index contributed by atoms with van der Waals surface area (Å²) in [5.41, 5.74) is 2.29. The van der Waals surface area contributed by atoms with Crippen LogP contribution in [-0.2, 0) is 33.0 Å². The van der Waals surface area contributed by atoms with Crippen molar-refractivity contribution in [1.82, 2.24) is 15.4 Å². The first-order valence-electron chi connectivity index (χ1n) is 10.0. The smallest absolute Gasteiger partial charge is 0.258 e. The monoisotopic (exact) mass is 503 g/mol. The second-order valence-corrected chi connectivity index (χ2v) is 11.2. The molecule has 0 unspecified atom stereocenters. The second-order valence-electron chi connectivity index (χ2n) is 7.70. The van der Waals surface area contributed by atoms with Crippen molar-refractivity contribution in [3.05, 3.63) is 83.0 Å². The first-order chi connectivity index (χ1) is 15.6. The Kier molecular flexibility index (Phi) is 7.19. The fraction of sp³-hybridized carbons (Fsp3) is 0.182. The molecule has 0 bridgehead atoms. The molecule has 0 saturated heterocycles. The molecule has 0 saturated carbocycles. The lowest BCUT2D eigenvalue weighted by molar-refractivity contribution is 0.102. The van der Waals surface area contributed by atoms with Crippen LogP contribution >= 0.6 is 0 Å². The molecule has 1 amide bonds. The predicted octanol–water partition coefficient (Wildman–Crippen LogP) is 2.20. The Morgan fingerprint density at radius 2 is 1.68 bits per heavy atom. The highest BCUT2D eigenvalue weighted by Crippen LogP contribution is 2.26. The lowest BCUT2D eigenvalue weighted by Gasteiger charge is -2.27. The van der Waals surface area contributed by atoms with Crippen molar-refractivity contribution in [2.24, 2.45) is 5.14 Å². The van der Waals surface area contributed by atoms with Crippen molar-refractivity contribution >= 4 is 31.8 Å². The number of hydrogen-bond acceptors (Lipinski definition) is 7. The SMILES string of the molecule is Cc1ccc(S(=O)(=O)N2CCc3nc(NC(=O)c4ccccc4S(N)(=O)=O)ccc3C2)cc1.N. The molecule has 180 valence electrons. The van der Waals surface area contributed by atoms with Crippen LogP contribution in [0.4, 0.5) is 5.82 Å². The van der Waals surface area contributed by atoms with Crippen LogP contribution in [0.25, 0.3) is 0 Å². The van der Waals surface area contributed by atoms with Gasteiger partial charge in [0, 0.05) is 25.2 Å². The summed E-state index contributed by atoms with van der Waals surface area (Å²) in [7, 11) is -7.71. The number of nitrogens with zero attached hydrogens (tertiary/aromatic N) is 2. The van der Waals surface area contributed by atoms with E-state index in [-0.39, 0.29) is 40.4 Å². The van der Waals surface area contributed by atoms with Crippen molar-refractivity contribution in [1.29, 1.82) is 0 Å². The first-order valence-corrected chi connectivity index (χ1v) is 13.0. The molecule has 1 aliphatic rings. The van der Waals surface area contributed by atoms with Gasteiger partial charge in [-0.2, -0.15) is 4.31 Å². The minimum atomic E-state index is -4.07. The highest BCUT2D eigenvalue weighted by molar-refractivity contribution is 7.89. The number of aryl methyl sites for hydroxylation is 1. The first kappa shape index (κ1) is 25.5. The van der Waals surface area contributed by atoms with Gasteiger partial charge in [-0.1, -0.05) is 35.9 Å². The number of nitrogens with one attached hydrogen (secondary N) is 1. The molecule has 2 aromatic carbocycles. The molecule has 1 aromatic heterocycles. The number of sulfonamides is 2. The van der Waals surface area contributed by atoms with Gasteiger partial charge in [0.2, 0.25) is 20.0 Å². The summed E-state index contributed by atoms with van der Waals surface area (Å²) in [5, 5.41) is 7.79. The molecule has 0 atom stereocenters. The van der Waals surface area contributed by atoms with Gasteiger partial charge in [-0.05, 0) is 42.8 Å². The summed E-state index contributed by atoms with van der Waals surface area (Å²) >= 11 is 0. The number of benzene rings is 2. The minimum Gasteiger partial charge on any atom is -0.344 e. The van der Waals surface area contributed by atoms with E-state index in [0.29, 0.717) is 12.1 Å². The number of primary sulfonamides is 1. The van der Waals surface area contributed by atoms with Crippen LogP contribution in [0, 0.1) is 6.92 Å². The van der Waals surface area contributed by atoms with Gasteiger partial charge in [-0.15, -0.1) is 0 Å². The fourth-order valence-corrected chi connectivity index (χ4v) is 5.76. The Morgan fingerprint density at radius 1 is 1.00 bits per heavy atom. The van der Waals surface area contributed by atoms with Gasteiger partial charge in [0.05, 0.1) is 15.4 Å². The van der Waals surface area contributed by atoms with Crippen molar-refractivity contribution in [2.75, 3.05) is 11.9 Å². The van der Waals surface area contributed by atoms with Crippen LogP contribution in [0.3, 0.4) is 0 Å². The number of aromatic nitrogens is 1. The van der Waals surface area contributed by atoms with E-state index in [1.54, 1.807) is 36.4 Å². The topological polar surface area (TPSA) is 175 Å². The molecule has 6 N–H and O–H groups in total. The van der Waals surface area contributed by atoms with Gasteiger partial charge in [0.25, 0.3) is 5.91 Å². The molecule has 0 spiro atoms. The van der Waals surface area contributed by atoms with Crippen molar-refractivity contribution in [3.63, 3.8) is 0 Å². The summed E-state index contributed by atoms with van der Waals surface area (Å²) in [6.07, 6.45) is 0.373. The quantitative estimate of drug-likeness (QED) is 0.478. The maximum Gasteiger partial charge on any atom is 0.258 e. The average molecular weight is 504 g/mol. The minimum absolute atomic E-state index is 0. The molecule has 3 aromatic rings. The van der Waals surface area contributed by atoms with E-state index < -0.39 is 26.0 Å². The molecule has 4 rings (SSSR count). The number of carbonyl (C=O) groups excluding carboxylic acids is 1. The highest BCUT2D eigenvalue weighted by Gasteiger charge is 2.29. The molecule has 34 heavy (non-hydrogen) atoms. The van der Waals surface area contributed by atoms with E-state index in [2.05, 4.69) is 10.3 Å². The number of nitrogens with two attached hydrogens (primary N) is 1. The lowest BCUT2D eigenvalue weighted by Crippen LogP contribution is -2.36. The molecule has 0 fully saturated rings. The highest BCUT2D eigenvalue weighted by atomic mass is 32.2. The Balaban J connectivity index is 0.00000324. The van der Waals surface area contributed by atoms with Gasteiger partial charge in [-0.3, -0.25) is 4.79 Å². The van der Waals surface area contributed by atoms with Crippen molar-refractivity contribution < 1.29 is 21.6 Å². The van der Waals surface area contributed by atoms with E-state index in [9.17, 15) is 21.6 Å². The van der Waals surface area contributed by atoms with Gasteiger partial charge in [0.15, 0.2) is 0 Å². The zero-order chi connectivity index (χ0) is 23.8. The summed E-state index contributed by atoms with van der Waals surface area (Å²) in [6, 6.07) is 15.6. The summed E-state index contributed by atoms with van der Waals surface area (Å²) in [4.78, 5) is 17.1. The number of amides is 1. The molecular weight excluding hydrogens is 478 g/mol. The molecular formula is C22H25N5O5S2. The number of hydrogen-bond donors (Lipinski definition) is 3. The van der Waals surface area contributed by atoms with Gasteiger partial charge >= 0.3 is 0 Å². The van der Waals surface area contributed by atoms with Crippen LogP contribution < -0.4 is 16.6 Å². The van der Waals surface area contributed by atoms with E-state index in [0.717, 1.165) is 11.1 Å². The lowest BCUT2D eigenvalue weighted by atomic mass is 10.1. The predicted molar refractivity (Wildman–Crippen MR) is 128 cm³/mol. The van der Waals surface area contributed by atoms with Gasteiger partial charge < -0.3 is 11.5 Å². The number of pyridine rings is 1.